The molecule has 0 aromatic rings. The highest BCUT2D eigenvalue weighted by molar-refractivity contribution is 5.79. The molecule has 20 heavy (non-hydrogen) atoms. The lowest BCUT2D eigenvalue weighted by atomic mass is 9.85. The molecule has 1 rings (SSSR count). The molecule has 1 aliphatic heterocycles. The van der Waals surface area contributed by atoms with E-state index < -0.39 is 17.4 Å². The van der Waals surface area contributed by atoms with Crippen LogP contribution in [0.2, 0.25) is 0 Å². The molecule has 0 spiro atoms. The van der Waals surface area contributed by atoms with Crippen LogP contribution in [0.25, 0.3) is 0 Å². The van der Waals surface area contributed by atoms with Gasteiger partial charge in [0.1, 0.15) is 5.41 Å². The number of carboxylic acid groups (broad SMARTS) is 1. The number of nitrogens with zero attached hydrogens (tertiary/aromatic N) is 1. The van der Waals surface area contributed by atoms with E-state index in [1.54, 1.807) is 18.9 Å². The largest absolute Gasteiger partial charge is 0.481 e. The maximum Gasteiger partial charge on any atom is 0.318 e. The van der Waals surface area contributed by atoms with E-state index in [2.05, 4.69) is 5.32 Å². The fourth-order valence-electron chi connectivity index (χ4n) is 2.30. The van der Waals surface area contributed by atoms with Crippen molar-refractivity contribution in [3.8, 4) is 0 Å². The first-order valence-electron chi connectivity index (χ1n) is 6.74. The lowest BCUT2D eigenvalue weighted by Gasteiger charge is -2.32. The molecule has 2 N–H and O–H groups in total. The average Bonchev–Trinajstić information content (AvgIpc) is 2.73. The van der Waals surface area contributed by atoms with Gasteiger partial charge in [-0.3, -0.25) is 4.79 Å². The zero-order chi connectivity index (χ0) is 15.3. The van der Waals surface area contributed by atoms with E-state index >= 15 is 0 Å². The van der Waals surface area contributed by atoms with Crippen molar-refractivity contribution in [3.05, 3.63) is 0 Å². The quantitative estimate of drug-likeness (QED) is 0.745. The van der Waals surface area contributed by atoms with Gasteiger partial charge in [-0.1, -0.05) is 0 Å². The molecule has 1 saturated heterocycles. The van der Waals surface area contributed by atoms with E-state index in [1.165, 1.54) is 0 Å². The maximum absolute atomic E-state index is 12.3. The van der Waals surface area contributed by atoms with Crippen molar-refractivity contribution in [2.75, 3.05) is 33.5 Å². The second-order valence-corrected chi connectivity index (χ2v) is 5.33. The van der Waals surface area contributed by atoms with E-state index in [-0.39, 0.29) is 25.3 Å². The summed E-state index contributed by atoms with van der Waals surface area (Å²) < 4.78 is 10.3. The lowest BCUT2D eigenvalue weighted by molar-refractivity contribution is -0.148. The molecule has 0 aliphatic carbocycles. The number of carboxylic acids is 1. The van der Waals surface area contributed by atoms with Crippen LogP contribution in [-0.4, -0.2) is 67.6 Å². The molecule has 0 bridgehead atoms. The molecular weight excluding hydrogens is 264 g/mol. The number of methoxy groups -OCH3 is 1. The van der Waals surface area contributed by atoms with Gasteiger partial charge in [-0.15, -0.1) is 0 Å². The van der Waals surface area contributed by atoms with Crippen molar-refractivity contribution in [2.45, 2.75) is 32.9 Å². The van der Waals surface area contributed by atoms with Gasteiger partial charge in [0.05, 0.1) is 31.9 Å². The Labute approximate surface area is 119 Å². The van der Waals surface area contributed by atoms with Gasteiger partial charge < -0.3 is 24.8 Å². The Morgan fingerprint density at radius 3 is 2.75 bits per heavy atom. The number of hydrogen-bond acceptors (Lipinski definition) is 4. The van der Waals surface area contributed by atoms with E-state index in [0.717, 1.165) is 0 Å². The highest BCUT2D eigenvalue weighted by Gasteiger charge is 2.47. The third-order valence-corrected chi connectivity index (χ3v) is 3.78. The standard InChI is InChI=1S/C13H24N2O5/c1-5-15(9(2)6-19-4)12(18)14-10-7-20-8-13(10,3)11(16)17/h9-10H,5-8H2,1-4H3,(H,14,18)(H,16,17). The predicted molar refractivity (Wildman–Crippen MR) is 72.6 cm³/mol. The first-order valence-corrected chi connectivity index (χ1v) is 6.74. The molecule has 1 fully saturated rings. The number of amides is 2. The van der Waals surface area contributed by atoms with Crippen LogP contribution in [0.4, 0.5) is 4.79 Å². The van der Waals surface area contributed by atoms with Gasteiger partial charge in [0.25, 0.3) is 0 Å². The third kappa shape index (κ3) is 3.40. The molecule has 3 unspecified atom stereocenters. The fraction of sp³-hybridized carbons (Fsp3) is 0.846. The van der Waals surface area contributed by atoms with E-state index in [4.69, 9.17) is 9.47 Å². The molecule has 116 valence electrons. The fourth-order valence-corrected chi connectivity index (χ4v) is 2.30. The number of likely N-dealkylation sites (N-methyl/N-ethyl adjacent to an activating group) is 1. The summed E-state index contributed by atoms with van der Waals surface area (Å²) in [4.78, 5) is 25.2. The van der Waals surface area contributed by atoms with Crippen molar-refractivity contribution in [2.24, 2.45) is 5.41 Å². The van der Waals surface area contributed by atoms with Crippen LogP contribution in [-0.2, 0) is 14.3 Å². The Bertz CT molecular complexity index is 363. The second kappa shape index (κ2) is 6.90. The van der Waals surface area contributed by atoms with Crippen molar-refractivity contribution >= 4 is 12.0 Å². The number of nitrogens with one attached hydrogen (secondary N) is 1. The molecule has 1 aliphatic rings. The normalized spacial score (nSPS) is 27.1. The van der Waals surface area contributed by atoms with Crippen molar-refractivity contribution in [3.63, 3.8) is 0 Å². The molecule has 0 radical (unpaired) electrons. The number of hydrogen-bond donors (Lipinski definition) is 2. The van der Waals surface area contributed by atoms with Crippen molar-refractivity contribution in [1.82, 2.24) is 10.2 Å². The van der Waals surface area contributed by atoms with Gasteiger partial charge in [-0.2, -0.15) is 0 Å². The summed E-state index contributed by atoms with van der Waals surface area (Å²) in [6, 6.07) is -0.903. The number of rotatable bonds is 6. The molecule has 0 aromatic carbocycles. The van der Waals surface area contributed by atoms with Crippen LogP contribution in [0, 0.1) is 5.41 Å². The summed E-state index contributed by atoms with van der Waals surface area (Å²) in [5.41, 5.74) is -1.08. The van der Waals surface area contributed by atoms with Gasteiger partial charge in [0.2, 0.25) is 0 Å². The topological polar surface area (TPSA) is 88.1 Å². The van der Waals surface area contributed by atoms with Crippen LogP contribution < -0.4 is 5.32 Å². The number of carbonyl (C=O) groups excluding carboxylic acids is 1. The highest BCUT2D eigenvalue weighted by Crippen LogP contribution is 2.28. The predicted octanol–water partition coefficient (Wildman–Crippen LogP) is 0.543. The first-order chi connectivity index (χ1) is 9.36. The summed E-state index contributed by atoms with van der Waals surface area (Å²) in [5.74, 6) is -0.965. The van der Waals surface area contributed by atoms with Crippen molar-refractivity contribution < 1.29 is 24.2 Å². The monoisotopic (exact) mass is 288 g/mol. The zero-order valence-corrected chi connectivity index (χ0v) is 12.5. The van der Waals surface area contributed by atoms with Crippen LogP contribution >= 0.6 is 0 Å². The van der Waals surface area contributed by atoms with Crippen LogP contribution in [0.15, 0.2) is 0 Å². The minimum Gasteiger partial charge on any atom is -0.481 e. The number of urea groups is 1. The smallest absolute Gasteiger partial charge is 0.318 e. The summed E-state index contributed by atoms with van der Waals surface area (Å²) in [5, 5.41) is 12.0. The molecule has 0 aromatic heterocycles. The number of carbonyl (C=O) groups is 2. The molecule has 1 heterocycles. The molecule has 7 nitrogen and oxygen atoms in total. The van der Waals surface area contributed by atoms with E-state index in [0.29, 0.717) is 13.2 Å². The molecule has 2 amide bonds. The Balaban J connectivity index is 2.71. The summed E-state index contributed by atoms with van der Waals surface area (Å²) in [6.07, 6.45) is 0. The highest BCUT2D eigenvalue weighted by atomic mass is 16.5. The molecule has 0 saturated carbocycles. The van der Waals surface area contributed by atoms with Crippen LogP contribution in [0.1, 0.15) is 20.8 Å². The minimum absolute atomic E-state index is 0.0802. The Kier molecular flexibility index (Phi) is 5.76. The van der Waals surface area contributed by atoms with Gasteiger partial charge in [-0.05, 0) is 20.8 Å². The van der Waals surface area contributed by atoms with Gasteiger partial charge in [0, 0.05) is 13.7 Å². The van der Waals surface area contributed by atoms with Gasteiger partial charge in [0.15, 0.2) is 0 Å². The Hall–Kier alpha value is -1.34. The Morgan fingerprint density at radius 1 is 1.60 bits per heavy atom. The van der Waals surface area contributed by atoms with Gasteiger partial charge >= 0.3 is 12.0 Å². The van der Waals surface area contributed by atoms with Crippen molar-refractivity contribution in [1.29, 1.82) is 0 Å². The first kappa shape index (κ1) is 16.7. The average molecular weight is 288 g/mol. The molecular formula is C13H24N2O5. The van der Waals surface area contributed by atoms with E-state index in [9.17, 15) is 14.7 Å². The third-order valence-electron chi connectivity index (χ3n) is 3.78. The number of ether oxygens (including phenoxy) is 2. The second-order valence-electron chi connectivity index (χ2n) is 5.33. The Morgan fingerprint density at radius 2 is 2.25 bits per heavy atom. The SMILES string of the molecule is CCN(C(=O)NC1COCC1(C)C(=O)O)C(C)COC. The minimum atomic E-state index is -1.08. The summed E-state index contributed by atoms with van der Waals surface area (Å²) in [6.45, 7) is 6.60. The molecule has 7 heteroatoms. The van der Waals surface area contributed by atoms with Crippen LogP contribution in [0.3, 0.4) is 0 Å². The number of aliphatic carboxylic acids is 1. The van der Waals surface area contributed by atoms with E-state index in [1.807, 2.05) is 13.8 Å². The van der Waals surface area contributed by atoms with Gasteiger partial charge in [-0.25, -0.2) is 4.79 Å². The zero-order valence-electron chi connectivity index (χ0n) is 12.5. The van der Waals surface area contributed by atoms with Crippen LogP contribution in [0.5, 0.6) is 0 Å². The molecule has 3 atom stereocenters. The summed E-state index contributed by atoms with van der Waals surface area (Å²) >= 11 is 0. The lowest BCUT2D eigenvalue weighted by Crippen LogP contribution is -2.55. The maximum atomic E-state index is 12.3. The summed E-state index contributed by atoms with van der Waals surface area (Å²) in [7, 11) is 1.58.